The summed E-state index contributed by atoms with van der Waals surface area (Å²) < 4.78 is 53.5. The van der Waals surface area contributed by atoms with Gasteiger partial charge in [-0.25, -0.2) is 13.3 Å². The van der Waals surface area contributed by atoms with E-state index in [2.05, 4.69) is 0 Å². The van der Waals surface area contributed by atoms with E-state index in [0.717, 1.165) is 0 Å². The maximum Gasteiger partial charge on any atom is 1.00 e. The van der Waals surface area contributed by atoms with Crippen LogP contribution in [0.4, 0.5) is 8.78 Å². The SMILES string of the molecule is O=P([O-])(OC1=Cc2cccc(F)c2Sc2ccccc21)OC1=Cc2cccc(F)c2Sc2ccccc21.[Na+]. The van der Waals surface area contributed by atoms with Crippen molar-refractivity contribution in [1.29, 1.82) is 0 Å². The van der Waals surface area contributed by atoms with Crippen molar-refractivity contribution in [3.63, 3.8) is 0 Å². The zero-order valence-electron chi connectivity index (χ0n) is 19.9. The second kappa shape index (κ2) is 11.1. The van der Waals surface area contributed by atoms with Crippen molar-refractivity contribution in [2.75, 3.05) is 0 Å². The van der Waals surface area contributed by atoms with Crippen LogP contribution < -0.4 is 34.5 Å². The quantitative estimate of drug-likeness (QED) is 0.251. The predicted molar refractivity (Wildman–Crippen MR) is 139 cm³/mol. The third-order valence-electron chi connectivity index (χ3n) is 5.72. The molecule has 0 aliphatic carbocycles. The van der Waals surface area contributed by atoms with Crippen LogP contribution in [0.3, 0.4) is 0 Å². The van der Waals surface area contributed by atoms with Crippen molar-refractivity contribution in [2.24, 2.45) is 0 Å². The van der Waals surface area contributed by atoms with Crippen LogP contribution in [0.15, 0.2) is 105 Å². The molecule has 0 aromatic heterocycles. The summed E-state index contributed by atoms with van der Waals surface area (Å²) in [6.07, 6.45) is 2.97. The molecule has 0 atom stereocenters. The van der Waals surface area contributed by atoms with Crippen LogP contribution in [0, 0.1) is 11.6 Å². The molecule has 184 valence electrons. The molecule has 4 aromatic carbocycles. The first kappa shape index (κ1) is 27.3. The molecule has 2 aliphatic rings. The van der Waals surface area contributed by atoms with Crippen LogP contribution in [0.25, 0.3) is 23.7 Å². The second-order valence-electron chi connectivity index (χ2n) is 8.16. The van der Waals surface area contributed by atoms with Gasteiger partial charge in [0.2, 0.25) is 0 Å². The number of halogens is 2. The Labute approximate surface area is 248 Å². The van der Waals surface area contributed by atoms with Crippen molar-refractivity contribution in [3.05, 3.63) is 119 Å². The van der Waals surface area contributed by atoms with E-state index in [4.69, 9.17) is 9.05 Å². The Hall–Kier alpha value is -2.29. The molecule has 2 heterocycles. The van der Waals surface area contributed by atoms with Crippen molar-refractivity contribution in [2.45, 2.75) is 19.6 Å². The molecule has 0 fully saturated rings. The van der Waals surface area contributed by atoms with Gasteiger partial charge in [0.15, 0.2) is 0 Å². The Morgan fingerprint density at radius 3 is 1.50 bits per heavy atom. The van der Waals surface area contributed by atoms with Crippen LogP contribution in [0.1, 0.15) is 22.3 Å². The molecule has 0 bridgehead atoms. The predicted octanol–water partition coefficient (Wildman–Crippen LogP) is 5.10. The van der Waals surface area contributed by atoms with E-state index in [0.29, 0.717) is 41.8 Å². The number of phosphoric acid groups is 1. The Morgan fingerprint density at radius 1 is 0.632 bits per heavy atom. The number of rotatable bonds is 4. The van der Waals surface area contributed by atoms with Gasteiger partial charge >= 0.3 is 37.4 Å². The molecule has 0 spiro atoms. The van der Waals surface area contributed by atoms with Crippen molar-refractivity contribution in [1.82, 2.24) is 0 Å². The monoisotopic (exact) mass is 572 g/mol. The van der Waals surface area contributed by atoms with Gasteiger partial charge in [-0.05, 0) is 47.5 Å². The fourth-order valence-electron chi connectivity index (χ4n) is 4.08. The molecule has 4 aromatic rings. The van der Waals surface area contributed by atoms with Gasteiger partial charge in [0.1, 0.15) is 23.2 Å². The van der Waals surface area contributed by atoms with Gasteiger partial charge in [-0.2, -0.15) is 0 Å². The molecule has 0 saturated heterocycles. The first-order valence-corrected chi connectivity index (χ1v) is 14.2. The summed E-state index contributed by atoms with van der Waals surface area (Å²) in [4.78, 5) is 15.3. The van der Waals surface area contributed by atoms with Crippen LogP contribution in [0.5, 0.6) is 0 Å². The first-order chi connectivity index (χ1) is 17.9. The molecular formula is C28H16F2NaO4PS2. The minimum absolute atomic E-state index is 0. The Bertz CT molecular complexity index is 1560. The molecule has 0 saturated carbocycles. The van der Waals surface area contributed by atoms with Crippen molar-refractivity contribution >= 4 is 55.0 Å². The van der Waals surface area contributed by atoms with Gasteiger partial charge in [-0.3, -0.25) is 0 Å². The van der Waals surface area contributed by atoms with E-state index in [-0.39, 0.29) is 41.1 Å². The number of fused-ring (bicyclic) bond motifs is 4. The molecule has 0 amide bonds. The third-order valence-corrected chi connectivity index (χ3v) is 8.98. The van der Waals surface area contributed by atoms with Crippen molar-refractivity contribution < 1.29 is 56.8 Å². The minimum atomic E-state index is -5.02. The maximum absolute atomic E-state index is 14.6. The standard InChI is InChI=1S/C28H17F2O4PS2.Na/c29-21-11-5-7-17-15-23(19-9-1-3-13-25(19)36-27(17)21)33-35(31,32)34-24-16-18-8-6-12-22(30)28(18)37-26-14-4-2-10-20(24)26;/h1-16H,(H,31,32);/q;+1/p-1. The average molecular weight is 573 g/mol. The number of phosphoric ester groups is 1. The summed E-state index contributed by atoms with van der Waals surface area (Å²) >= 11 is 2.39. The number of benzene rings is 4. The largest absolute Gasteiger partial charge is 1.00 e. The topological polar surface area (TPSA) is 58.6 Å². The van der Waals surface area contributed by atoms with Crippen LogP contribution in [0.2, 0.25) is 0 Å². The van der Waals surface area contributed by atoms with Gasteiger partial charge in [0.05, 0.1) is 9.79 Å². The van der Waals surface area contributed by atoms with Crippen LogP contribution in [-0.2, 0) is 13.6 Å². The molecule has 0 N–H and O–H groups in total. The van der Waals surface area contributed by atoms with E-state index in [1.165, 1.54) is 47.8 Å². The van der Waals surface area contributed by atoms with E-state index in [1.807, 2.05) is 0 Å². The molecule has 4 nitrogen and oxygen atoms in total. The minimum Gasteiger partial charge on any atom is -0.736 e. The Kier molecular flexibility index (Phi) is 7.94. The second-order valence-corrected chi connectivity index (χ2v) is 11.5. The van der Waals surface area contributed by atoms with E-state index in [9.17, 15) is 18.2 Å². The molecule has 38 heavy (non-hydrogen) atoms. The summed E-state index contributed by atoms with van der Waals surface area (Å²) in [6.45, 7) is 0. The summed E-state index contributed by atoms with van der Waals surface area (Å²) in [6, 6.07) is 23.2. The third kappa shape index (κ3) is 5.40. The van der Waals surface area contributed by atoms with Gasteiger partial charge in [0, 0.05) is 20.9 Å². The van der Waals surface area contributed by atoms with Gasteiger partial charge in [0.25, 0.3) is 0 Å². The van der Waals surface area contributed by atoms with E-state index < -0.39 is 19.5 Å². The number of hydrogen-bond acceptors (Lipinski definition) is 6. The molecule has 0 unspecified atom stereocenters. The molecule has 10 heteroatoms. The zero-order valence-corrected chi connectivity index (χ0v) is 24.4. The normalized spacial score (nSPS) is 13.7. The first-order valence-electron chi connectivity index (χ1n) is 11.1. The van der Waals surface area contributed by atoms with E-state index in [1.54, 1.807) is 72.8 Å². The molecule has 2 aliphatic heterocycles. The molecule has 0 radical (unpaired) electrons. The molecule has 6 rings (SSSR count). The summed E-state index contributed by atoms with van der Waals surface area (Å²) in [7, 11) is -5.02. The van der Waals surface area contributed by atoms with Crippen LogP contribution in [-0.4, -0.2) is 0 Å². The Balaban J connectivity index is 0.00000294. The Morgan fingerprint density at radius 2 is 1.05 bits per heavy atom. The van der Waals surface area contributed by atoms with Gasteiger partial charge < -0.3 is 13.9 Å². The summed E-state index contributed by atoms with van der Waals surface area (Å²) in [5, 5.41) is 0. The zero-order chi connectivity index (χ0) is 25.6. The van der Waals surface area contributed by atoms with Crippen LogP contribution >= 0.6 is 31.3 Å². The summed E-state index contributed by atoms with van der Waals surface area (Å²) in [5.74, 6) is -0.817. The fourth-order valence-corrected chi connectivity index (χ4v) is 7.01. The summed E-state index contributed by atoms with van der Waals surface area (Å²) in [5.41, 5.74) is 1.94. The van der Waals surface area contributed by atoms with E-state index >= 15 is 0 Å². The molecular weight excluding hydrogens is 556 g/mol. The maximum atomic E-state index is 14.6. The number of hydrogen-bond donors (Lipinski definition) is 0. The average Bonchev–Trinajstić information content (AvgIpc) is 3.13. The van der Waals surface area contributed by atoms with Crippen molar-refractivity contribution in [3.8, 4) is 0 Å². The van der Waals surface area contributed by atoms with Gasteiger partial charge in [-0.1, -0.05) is 84.2 Å². The smallest absolute Gasteiger partial charge is 0.736 e. The fraction of sp³-hybridized carbons (Fsp3) is 0. The van der Waals surface area contributed by atoms with Gasteiger partial charge in [-0.15, -0.1) is 0 Å².